The molecule has 1 N–H and O–H groups in total. The summed E-state index contributed by atoms with van der Waals surface area (Å²) < 4.78 is 23.5. The molecular weight excluding hydrogens is 446 g/mol. The Kier molecular flexibility index (Phi) is 9.40. The first-order valence-corrected chi connectivity index (χ1v) is 12.3. The van der Waals surface area contributed by atoms with Crippen LogP contribution in [0.15, 0.2) is 60.7 Å². The summed E-state index contributed by atoms with van der Waals surface area (Å²) in [7, 11) is 0. The molecule has 7 nitrogen and oxygen atoms in total. The van der Waals surface area contributed by atoms with Crippen molar-refractivity contribution in [3.8, 4) is 11.5 Å². The number of para-hydroxylation sites is 2. The standard InChI is InChI=1S/C28H37NO6/c1-20-25(34-23-15-9-6-10-16-23)21(18-19-32-22-13-7-5-8-14-22)12-11-17-24(26(30)33-20)29-27(31)35-28(2,3)4/h5-10,13-16,20-21,24-25H,11-12,17-19H2,1-4H3,(H,29,31)/t20-,21+,24-,25-/m0/s1. The number of alkyl carbamates (subject to hydrolysis) is 1. The lowest BCUT2D eigenvalue weighted by Crippen LogP contribution is -2.46. The molecule has 1 fully saturated rings. The van der Waals surface area contributed by atoms with Crippen LogP contribution in [0.2, 0.25) is 0 Å². The third kappa shape index (κ3) is 8.81. The van der Waals surface area contributed by atoms with Crippen LogP contribution in [-0.2, 0) is 14.3 Å². The molecule has 1 heterocycles. The lowest BCUT2D eigenvalue weighted by Gasteiger charge is -2.31. The second-order valence-corrected chi connectivity index (χ2v) is 9.88. The summed E-state index contributed by atoms with van der Waals surface area (Å²) in [5, 5.41) is 2.68. The number of nitrogens with one attached hydrogen (secondary N) is 1. The van der Waals surface area contributed by atoms with Crippen LogP contribution in [0, 0.1) is 5.92 Å². The number of hydrogen-bond donors (Lipinski definition) is 1. The Morgan fingerprint density at radius 3 is 2.26 bits per heavy atom. The quantitative estimate of drug-likeness (QED) is 0.522. The number of hydrogen-bond acceptors (Lipinski definition) is 6. The summed E-state index contributed by atoms with van der Waals surface area (Å²) in [5.41, 5.74) is -0.655. The van der Waals surface area contributed by atoms with Crippen molar-refractivity contribution in [2.45, 2.75) is 77.2 Å². The normalized spacial score (nSPS) is 23.1. The number of esters is 1. The molecule has 3 rings (SSSR count). The largest absolute Gasteiger partial charge is 0.494 e. The number of cyclic esters (lactones) is 1. The van der Waals surface area contributed by atoms with Crippen LogP contribution < -0.4 is 14.8 Å². The molecule has 0 aromatic heterocycles. The fraction of sp³-hybridized carbons (Fsp3) is 0.500. The molecule has 2 aromatic carbocycles. The molecule has 2 aromatic rings. The van der Waals surface area contributed by atoms with Gasteiger partial charge in [-0.2, -0.15) is 0 Å². The number of ether oxygens (including phenoxy) is 4. The average Bonchev–Trinajstić information content (AvgIpc) is 2.85. The van der Waals surface area contributed by atoms with Crippen molar-refractivity contribution in [3.05, 3.63) is 60.7 Å². The van der Waals surface area contributed by atoms with Crippen molar-refractivity contribution in [2.24, 2.45) is 5.92 Å². The van der Waals surface area contributed by atoms with Crippen molar-refractivity contribution in [3.63, 3.8) is 0 Å². The van der Waals surface area contributed by atoms with Gasteiger partial charge in [-0.3, -0.25) is 0 Å². The van der Waals surface area contributed by atoms with Gasteiger partial charge in [0.25, 0.3) is 0 Å². The summed E-state index contributed by atoms with van der Waals surface area (Å²) in [6.07, 6.45) is 1.19. The molecule has 1 saturated heterocycles. The molecule has 0 radical (unpaired) electrons. The zero-order chi connectivity index (χ0) is 25.3. The minimum absolute atomic E-state index is 0.0852. The first-order valence-electron chi connectivity index (χ1n) is 12.3. The lowest BCUT2D eigenvalue weighted by atomic mass is 9.89. The Balaban J connectivity index is 1.72. The summed E-state index contributed by atoms with van der Waals surface area (Å²) in [5.74, 6) is 1.14. The number of carbonyl (C=O) groups excluding carboxylic acids is 2. The van der Waals surface area contributed by atoms with Gasteiger partial charge in [0, 0.05) is 5.92 Å². The van der Waals surface area contributed by atoms with Gasteiger partial charge in [-0.15, -0.1) is 0 Å². The van der Waals surface area contributed by atoms with E-state index < -0.39 is 29.8 Å². The van der Waals surface area contributed by atoms with Crippen molar-refractivity contribution in [2.75, 3.05) is 6.61 Å². The molecule has 1 aliphatic heterocycles. The molecule has 0 saturated carbocycles. The Labute approximate surface area is 208 Å². The van der Waals surface area contributed by atoms with Crippen LogP contribution >= 0.6 is 0 Å². The van der Waals surface area contributed by atoms with Crippen LogP contribution in [0.5, 0.6) is 11.5 Å². The maximum Gasteiger partial charge on any atom is 0.408 e. The highest BCUT2D eigenvalue weighted by Crippen LogP contribution is 2.29. The molecule has 0 spiro atoms. The van der Waals surface area contributed by atoms with Crippen LogP contribution in [0.3, 0.4) is 0 Å². The van der Waals surface area contributed by atoms with E-state index in [-0.39, 0.29) is 12.0 Å². The first kappa shape index (κ1) is 26.4. The Hall–Kier alpha value is -3.22. The Morgan fingerprint density at radius 1 is 1.00 bits per heavy atom. The van der Waals surface area contributed by atoms with E-state index in [4.69, 9.17) is 18.9 Å². The Morgan fingerprint density at radius 2 is 1.63 bits per heavy atom. The maximum absolute atomic E-state index is 13.0. The van der Waals surface area contributed by atoms with Gasteiger partial charge in [-0.25, -0.2) is 9.59 Å². The molecule has 1 amide bonds. The van der Waals surface area contributed by atoms with Gasteiger partial charge in [0.2, 0.25) is 0 Å². The molecule has 0 aliphatic carbocycles. The zero-order valence-corrected chi connectivity index (χ0v) is 21.1. The predicted octanol–water partition coefficient (Wildman–Crippen LogP) is 5.53. The molecule has 35 heavy (non-hydrogen) atoms. The monoisotopic (exact) mass is 483 g/mol. The Bertz CT molecular complexity index is 927. The van der Waals surface area contributed by atoms with Gasteiger partial charge in [0.15, 0.2) is 0 Å². The second-order valence-electron chi connectivity index (χ2n) is 9.88. The fourth-order valence-corrected chi connectivity index (χ4v) is 4.16. The highest BCUT2D eigenvalue weighted by molar-refractivity contribution is 5.81. The zero-order valence-electron chi connectivity index (χ0n) is 21.1. The molecular formula is C28H37NO6. The van der Waals surface area contributed by atoms with Crippen LogP contribution in [-0.4, -0.2) is 42.5 Å². The van der Waals surface area contributed by atoms with Gasteiger partial charge in [-0.1, -0.05) is 42.8 Å². The van der Waals surface area contributed by atoms with E-state index >= 15 is 0 Å². The number of amides is 1. The third-order valence-corrected chi connectivity index (χ3v) is 5.79. The second kappa shape index (κ2) is 12.5. The summed E-state index contributed by atoms with van der Waals surface area (Å²) in [6.45, 7) is 7.70. The molecule has 7 heteroatoms. The summed E-state index contributed by atoms with van der Waals surface area (Å²) >= 11 is 0. The number of benzene rings is 2. The van der Waals surface area contributed by atoms with Crippen molar-refractivity contribution < 1.29 is 28.5 Å². The first-order chi connectivity index (χ1) is 16.7. The van der Waals surface area contributed by atoms with Crippen molar-refractivity contribution in [1.29, 1.82) is 0 Å². The summed E-state index contributed by atoms with van der Waals surface area (Å²) in [6, 6.07) is 18.5. The highest BCUT2D eigenvalue weighted by atomic mass is 16.6. The van der Waals surface area contributed by atoms with Gasteiger partial charge in [0.05, 0.1) is 6.61 Å². The van der Waals surface area contributed by atoms with E-state index in [1.807, 2.05) is 67.6 Å². The minimum Gasteiger partial charge on any atom is -0.494 e. The van der Waals surface area contributed by atoms with Crippen molar-refractivity contribution >= 4 is 12.1 Å². The topological polar surface area (TPSA) is 83.1 Å². The molecule has 0 unspecified atom stereocenters. The predicted molar refractivity (Wildman–Crippen MR) is 133 cm³/mol. The van der Waals surface area contributed by atoms with Crippen LogP contribution in [0.1, 0.15) is 53.4 Å². The summed E-state index contributed by atoms with van der Waals surface area (Å²) in [4.78, 5) is 25.3. The van der Waals surface area contributed by atoms with Gasteiger partial charge in [-0.05, 0) is 71.2 Å². The number of carbonyl (C=O) groups is 2. The third-order valence-electron chi connectivity index (χ3n) is 5.79. The SMILES string of the molecule is C[C@@H]1OC(=O)[C@@H](NC(=O)OC(C)(C)C)CCC[C@H](CCOc2ccccc2)[C@H]1Oc1ccccc1. The lowest BCUT2D eigenvalue weighted by molar-refractivity contribution is -0.156. The highest BCUT2D eigenvalue weighted by Gasteiger charge is 2.36. The van der Waals surface area contributed by atoms with Gasteiger partial charge in [0.1, 0.15) is 35.3 Å². The van der Waals surface area contributed by atoms with Gasteiger partial charge < -0.3 is 24.3 Å². The van der Waals surface area contributed by atoms with Crippen molar-refractivity contribution in [1.82, 2.24) is 5.32 Å². The minimum atomic E-state index is -0.774. The molecule has 0 bridgehead atoms. The smallest absolute Gasteiger partial charge is 0.408 e. The van der Waals surface area contributed by atoms with E-state index in [0.29, 0.717) is 19.4 Å². The van der Waals surface area contributed by atoms with E-state index in [1.165, 1.54) is 0 Å². The van der Waals surface area contributed by atoms with E-state index in [2.05, 4.69) is 5.32 Å². The maximum atomic E-state index is 13.0. The molecule has 1 aliphatic rings. The van der Waals surface area contributed by atoms with E-state index in [0.717, 1.165) is 24.3 Å². The van der Waals surface area contributed by atoms with E-state index in [9.17, 15) is 9.59 Å². The van der Waals surface area contributed by atoms with Gasteiger partial charge >= 0.3 is 12.1 Å². The van der Waals surface area contributed by atoms with E-state index in [1.54, 1.807) is 20.8 Å². The van der Waals surface area contributed by atoms with Crippen LogP contribution in [0.25, 0.3) is 0 Å². The molecule has 4 atom stereocenters. The fourth-order valence-electron chi connectivity index (χ4n) is 4.16. The van der Waals surface area contributed by atoms with Crippen LogP contribution in [0.4, 0.5) is 4.79 Å². The number of rotatable bonds is 7. The molecule has 190 valence electrons. The average molecular weight is 484 g/mol.